The predicted molar refractivity (Wildman–Crippen MR) is 105 cm³/mol. The molecule has 0 spiro atoms. The fourth-order valence-corrected chi connectivity index (χ4v) is 3.78. The van der Waals surface area contributed by atoms with Gasteiger partial charge in [-0.05, 0) is 55.8 Å². The van der Waals surface area contributed by atoms with Gasteiger partial charge in [0, 0.05) is 6.54 Å². The summed E-state index contributed by atoms with van der Waals surface area (Å²) in [5, 5.41) is 2.98. The average Bonchev–Trinajstić information content (AvgIpc) is 2.69. The van der Waals surface area contributed by atoms with E-state index in [0.717, 1.165) is 37.2 Å². The number of hydrogen-bond acceptors (Lipinski definition) is 3. The minimum absolute atomic E-state index is 0.00472. The van der Waals surface area contributed by atoms with Gasteiger partial charge in [0.15, 0.2) is 0 Å². The number of ether oxygens (including phenoxy) is 1. The molecular formula is C21H24ClFN2O2. The van der Waals surface area contributed by atoms with Gasteiger partial charge in [-0.3, -0.25) is 9.69 Å². The number of benzene rings is 2. The van der Waals surface area contributed by atoms with E-state index in [0.29, 0.717) is 6.54 Å². The molecule has 1 unspecified atom stereocenters. The summed E-state index contributed by atoms with van der Waals surface area (Å²) in [5.41, 5.74) is 0.957. The first-order valence-electron chi connectivity index (χ1n) is 9.20. The number of rotatable bonds is 6. The van der Waals surface area contributed by atoms with Gasteiger partial charge in [-0.25, -0.2) is 4.39 Å². The van der Waals surface area contributed by atoms with Crippen molar-refractivity contribution in [2.45, 2.75) is 25.3 Å². The number of carbonyl (C=O) groups excluding carboxylic acids is 1. The second-order valence-electron chi connectivity index (χ2n) is 6.70. The highest BCUT2D eigenvalue weighted by molar-refractivity contribution is 6.33. The average molecular weight is 391 g/mol. The SMILES string of the molecule is COc1cccc(C(CNC(=O)c2c(F)cccc2Cl)N2CCCCC2)c1. The number of nitrogens with zero attached hydrogens (tertiary/aromatic N) is 1. The minimum Gasteiger partial charge on any atom is -0.497 e. The number of piperidine rings is 1. The molecule has 0 saturated carbocycles. The Labute approximate surface area is 164 Å². The van der Waals surface area contributed by atoms with E-state index in [2.05, 4.69) is 10.2 Å². The van der Waals surface area contributed by atoms with Gasteiger partial charge >= 0.3 is 0 Å². The maximum Gasteiger partial charge on any atom is 0.255 e. The van der Waals surface area contributed by atoms with Crippen molar-refractivity contribution in [1.29, 1.82) is 0 Å². The number of halogens is 2. The normalized spacial score (nSPS) is 16.0. The van der Waals surface area contributed by atoms with E-state index in [-0.39, 0.29) is 16.6 Å². The van der Waals surface area contributed by atoms with Crippen LogP contribution in [0.3, 0.4) is 0 Å². The van der Waals surface area contributed by atoms with Gasteiger partial charge in [-0.1, -0.05) is 36.2 Å². The minimum atomic E-state index is -0.615. The van der Waals surface area contributed by atoms with Crippen LogP contribution in [0.15, 0.2) is 42.5 Å². The molecule has 1 amide bonds. The maximum atomic E-state index is 14.0. The molecule has 1 atom stereocenters. The van der Waals surface area contributed by atoms with E-state index in [4.69, 9.17) is 16.3 Å². The van der Waals surface area contributed by atoms with Crippen molar-refractivity contribution in [3.05, 3.63) is 64.4 Å². The summed E-state index contributed by atoms with van der Waals surface area (Å²) < 4.78 is 19.4. The third kappa shape index (κ3) is 4.79. The molecule has 1 aliphatic rings. The van der Waals surface area contributed by atoms with Crippen LogP contribution in [0.4, 0.5) is 4.39 Å². The van der Waals surface area contributed by atoms with Crippen molar-refractivity contribution in [3.8, 4) is 5.75 Å². The Balaban J connectivity index is 1.79. The monoisotopic (exact) mass is 390 g/mol. The Bertz CT molecular complexity index is 773. The molecule has 144 valence electrons. The molecule has 1 aliphatic heterocycles. The van der Waals surface area contributed by atoms with Crippen LogP contribution in [-0.2, 0) is 0 Å². The molecule has 2 aromatic carbocycles. The summed E-state index contributed by atoms with van der Waals surface area (Å²) in [4.78, 5) is 14.9. The summed E-state index contributed by atoms with van der Waals surface area (Å²) in [6.07, 6.45) is 3.49. The van der Waals surface area contributed by atoms with Gasteiger partial charge in [0.25, 0.3) is 5.91 Å². The number of methoxy groups -OCH3 is 1. The van der Waals surface area contributed by atoms with Gasteiger partial charge in [0.05, 0.1) is 23.7 Å². The number of hydrogen-bond donors (Lipinski definition) is 1. The smallest absolute Gasteiger partial charge is 0.255 e. The first kappa shape index (κ1) is 19.6. The first-order chi connectivity index (χ1) is 13.1. The molecule has 0 bridgehead atoms. The largest absolute Gasteiger partial charge is 0.497 e. The molecule has 0 aromatic heterocycles. The van der Waals surface area contributed by atoms with Crippen LogP contribution in [0.1, 0.15) is 41.2 Å². The van der Waals surface area contributed by atoms with Gasteiger partial charge in [-0.15, -0.1) is 0 Å². The van der Waals surface area contributed by atoms with Crippen molar-refractivity contribution >= 4 is 17.5 Å². The van der Waals surface area contributed by atoms with Gasteiger partial charge in [0.1, 0.15) is 11.6 Å². The summed E-state index contributed by atoms with van der Waals surface area (Å²) in [5.74, 6) is -0.336. The van der Waals surface area contributed by atoms with Crippen molar-refractivity contribution < 1.29 is 13.9 Å². The summed E-state index contributed by atoms with van der Waals surface area (Å²) >= 11 is 6.02. The van der Waals surface area contributed by atoms with Crippen molar-refractivity contribution in [2.24, 2.45) is 0 Å². The van der Waals surface area contributed by atoms with Crippen molar-refractivity contribution in [3.63, 3.8) is 0 Å². The third-order valence-corrected chi connectivity index (χ3v) is 5.27. The fourth-order valence-electron chi connectivity index (χ4n) is 3.53. The quantitative estimate of drug-likeness (QED) is 0.792. The van der Waals surface area contributed by atoms with E-state index in [9.17, 15) is 9.18 Å². The van der Waals surface area contributed by atoms with Crippen molar-refractivity contribution in [2.75, 3.05) is 26.7 Å². The summed E-state index contributed by atoms with van der Waals surface area (Å²) in [7, 11) is 1.64. The van der Waals surface area contributed by atoms with Crippen LogP contribution >= 0.6 is 11.6 Å². The zero-order valence-electron chi connectivity index (χ0n) is 15.4. The van der Waals surface area contributed by atoms with Crippen LogP contribution in [0, 0.1) is 5.82 Å². The zero-order chi connectivity index (χ0) is 19.2. The van der Waals surface area contributed by atoms with Gasteiger partial charge in [0.2, 0.25) is 0 Å². The molecule has 3 rings (SSSR count). The second-order valence-corrected chi connectivity index (χ2v) is 7.10. The molecule has 0 aliphatic carbocycles. The highest BCUT2D eigenvalue weighted by Crippen LogP contribution is 2.27. The molecule has 1 saturated heterocycles. The molecular weight excluding hydrogens is 367 g/mol. The number of likely N-dealkylation sites (tertiary alicyclic amines) is 1. The Kier molecular flexibility index (Phi) is 6.69. The number of amides is 1. The lowest BCUT2D eigenvalue weighted by Gasteiger charge is -2.35. The summed E-state index contributed by atoms with van der Waals surface area (Å²) in [6, 6.07) is 12.1. The zero-order valence-corrected chi connectivity index (χ0v) is 16.1. The van der Waals surface area contributed by atoms with E-state index in [1.165, 1.54) is 24.6 Å². The highest BCUT2D eigenvalue weighted by Gasteiger charge is 2.24. The van der Waals surface area contributed by atoms with Gasteiger partial charge < -0.3 is 10.1 Å². The molecule has 4 nitrogen and oxygen atoms in total. The number of nitrogens with one attached hydrogen (secondary N) is 1. The van der Waals surface area contributed by atoms with Crippen LogP contribution in [0.5, 0.6) is 5.75 Å². The Morgan fingerprint density at radius 1 is 1.22 bits per heavy atom. The van der Waals surface area contributed by atoms with Crippen LogP contribution in [-0.4, -0.2) is 37.6 Å². The molecule has 0 radical (unpaired) electrons. The molecule has 2 aromatic rings. The maximum absolute atomic E-state index is 14.0. The van der Waals surface area contributed by atoms with E-state index < -0.39 is 11.7 Å². The molecule has 27 heavy (non-hydrogen) atoms. The lowest BCUT2D eigenvalue weighted by molar-refractivity contribution is 0.0920. The highest BCUT2D eigenvalue weighted by atomic mass is 35.5. The third-order valence-electron chi connectivity index (χ3n) is 4.96. The fraction of sp³-hybridized carbons (Fsp3) is 0.381. The van der Waals surface area contributed by atoms with E-state index >= 15 is 0 Å². The standard InChI is InChI=1S/C21H24ClFN2O2/c1-27-16-8-5-7-15(13-16)19(25-11-3-2-4-12-25)14-24-21(26)20-17(22)9-6-10-18(20)23/h5-10,13,19H,2-4,11-12,14H2,1H3,(H,24,26). The van der Waals surface area contributed by atoms with E-state index in [1.807, 2.05) is 24.3 Å². The first-order valence-corrected chi connectivity index (χ1v) is 9.58. The van der Waals surface area contributed by atoms with Crippen molar-refractivity contribution in [1.82, 2.24) is 10.2 Å². The predicted octanol–water partition coefficient (Wildman–Crippen LogP) is 4.44. The topological polar surface area (TPSA) is 41.6 Å². The van der Waals surface area contributed by atoms with Gasteiger partial charge in [-0.2, -0.15) is 0 Å². The van der Waals surface area contributed by atoms with Crippen LogP contribution in [0.2, 0.25) is 5.02 Å². The number of carbonyl (C=O) groups is 1. The molecule has 6 heteroatoms. The summed E-state index contributed by atoms with van der Waals surface area (Å²) in [6.45, 7) is 2.31. The molecule has 1 heterocycles. The Hall–Kier alpha value is -2.11. The van der Waals surface area contributed by atoms with Crippen LogP contribution < -0.4 is 10.1 Å². The second kappa shape index (κ2) is 9.20. The lowest BCUT2D eigenvalue weighted by atomic mass is 10.0. The van der Waals surface area contributed by atoms with Crippen LogP contribution in [0.25, 0.3) is 0 Å². The Morgan fingerprint density at radius 3 is 2.67 bits per heavy atom. The lowest BCUT2D eigenvalue weighted by Crippen LogP contribution is -2.40. The Morgan fingerprint density at radius 2 is 1.96 bits per heavy atom. The van der Waals surface area contributed by atoms with E-state index in [1.54, 1.807) is 7.11 Å². The molecule has 1 fully saturated rings. The molecule has 1 N–H and O–H groups in total.